The van der Waals surface area contributed by atoms with Gasteiger partial charge < -0.3 is 10.2 Å². The molecule has 1 aliphatic heterocycles. The Morgan fingerprint density at radius 2 is 1.95 bits per heavy atom. The van der Waals surface area contributed by atoms with Gasteiger partial charge in [0.15, 0.2) is 0 Å². The van der Waals surface area contributed by atoms with Crippen molar-refractivity contribution >= 4 is 5.91 Å². The van der Waals surface area contributed by atoms with Crippen LogP contribution in [0.25, 0.3) is 0 Å². The number of amides is 1. The quantitative estimate of drug-likeness (QED) is 0.848. The maximum atomic E-state index is 12.4. The number of carbonyl (C=O) groups excluding carboxylic acids is 1. The van der Waals surface area contributed by atoms with Gasteiger partial charge in [-0.3, -0.25) is 9.89 Å². The Kier molecular flexibility index (Phi) is 6.43. The summed E-state index contributed by atoms with van der Waals surface area (Å²) in [5.41, 5.74) is 2.16. The average Bonchev–Trinajstić information content (AvgIpc) is 2.71. The highest BCUT2D eigenvalue weighted by atomic mass is 16.2. The van der Waals surface area contributed by atoms with Crippen molar-refractivity contribution in [3.63, 3.8) is 0 Å². The Bertz CT molecular complexity index is 463. The summed E-state index contributed by atoms with van der Waals surface area (Å²) < 4.78 is 0. The van der Waals surface area contributed by atoms with Crippen LogP contribution in [0.15, 0.2) is 6.07 Å². The second-order valence-electron chi connectivity index (χ2n) is 6.71. The first-order valence-electron chi connectivity index (χ1n) is 8.59. The number of aromatic amines is 1. The zero-order valence-electron chi connectivity index (χ0n) is 14.2. The van der Waals surface area contributed by atoms with Crippen molar-refractivity contribution in [2.24, 2.45) is 0 Å². The monoisotopic (exact) mass is 306 g/mol. The van der Waals surface area contributed by atoms with E-state index in [1.54, 1.807) is 0 Å². The Balaban J connectivity index is 1.73. The molecule has 1 saturated heterocycles. The number of likely N-dealkylation sites (tertiary alicyclic amines) is 1. The van der Waals surface area contributed by atoms with Gasteiger partial charge in [0.2, 0.25) is 5.91 Å². The molecule has 0 bridgehead atoms. The topological polar surface area (TPSA) is 61.0 Å². The van der Waals surface area contributed by atoms with Crippen molar-refractivity contribution in [1.82, 2.24) is 20.4 Å². The highest BCUT2D eigenvalue weighted by Crippen LogP contribution is 2.12. The Morgan fingerprint density at radius 3 is 2.55 bits per heavy atom. The summed E-state index contributed by atoms with van der Waals surface area (Å²) in [6.45, 7) is 8.14. The van der Waals surface area contributed by atoms with E-state index in [0.29, 0.717) is 18.4 Å². The van der Waals surface area contributed by atoms with E-state index in [2.05, 4.69) is 35.4 Å². The lowest BCUT2D eigenvalue weighted by molar-refractivity contribution is -0.131. The number of rotatable bonds is 6. The zero-order chi connectivity index (χ0) is 15.9. The third-order valence-corrected chi connectivity index (χ3v) is 4.28. The molecule has 5 heteroatoms. The molecule has 2 heterocycles. The maximum absolute atomic E-state index is 12.4. The van der Waals surface area contributed by atoms with E-state index < -0.39 is 0 Å². The minimum absolute atomic E-state index is 0.200. The van der Waals surface area contributed by atoms with Gasteiger partial charge in [-0.05, 0) is 39.7 Å². The molecule has 1 aromatic heterocycles. The first-order chi connectivity index (χ1) is 10.5. The molecule has 2 rings (SSSR count). The fraction of sp³-hybridized carbons (Fsp3) is 0.765. The molecule has 0 aromatic carbocycles. The van der Waals surface area contributed by atoms with Crippen molar-refractivity contribution in [3.8, 4) is 0 Å². The Labute approximate surface area is 133 Å². The molecule has 0 aliphatic carbocycles. The number of carbonyl (C=O) groups is 1. The molecule has 2 atom stereocenters. The van der Waals surface area contributed by atoms with E-state index in [0.717, 1.165) is 43.7 Å². The normalized spacial score (nSPS) is 18.8. The predicted molar refractivity (Wildman–Crippen MR) is 88.8 cm³/mol. The van der Waals surface area contributed by atoms with Crippen LogP contribution in [0.5, 0.6) is 0 Å². The van der Waals surface area contributed by atoms with Crippen molar-refractivity contribution in [2.75, 3.05) is 13.1 Å². The molecular weight excluding hydrogens is 276 g/mol. The summed E-state index contributed by atoms with van der Waals surface area (Å²) in [6.07, 6.45) is 6.30. The van der Waals surface area contributed by atoms with Crippen LogP contribution in [-0.4, -0.2) is 46.2 Å². The molecule has 22 heavy (non-hydrogen) atoms. The van der Waals surface area contributed by atoms with Gasteiger partial charge in [0.05, 0.1) is 5.69 Å². The summed E-state index contributed by atoms with van der Waals surface area (Å²) in [5.74, 6) is 0.296. The largest absolute Gasteiger partial charge is 0.343 e. The van der Waals surface area contributed by atoms with E-state index in [1.807, 2.05) is 11.8 Å². The number of nitrogens with one attached hydrogen (secondary N) is 2. The lowest BCUT2D eigenvalue weighted by atomic mass is 10.1. The lowest BCUT2D eigenvalue weighted by Gasteiger charge is -2.24. The number of aryl methyl sites for hydroxylation is 1. The third kappa shape index (κ3) is 5.44. The van der Waals surface area contributed by atoms with Gasteiger partial charge in [0, 0.05) is 43.7 Å². The number of hydrogen-bond donors (Lipinski definition) is 2. The van der Waals surface area contributed by atoms with Crippen LogP contribution in [0.3, 0.4) is 0 Å². The van der Waals surface area contributed by atoms with E-state index in [4.69, 9.17) is 0 Å². The Morgan fingerprint density at radius 1 is 1.27 bits per heavy atom. The summed E-state index contributed by atoms with van der Waals surface area (Å²) in [7, 11) is 0. The Hall–Kier alpha value is -1.36. The second kappa shape index (κ2) is 8.32. The number of nitrogens with zero attached hydrogens (tertiary/aromatic N) is 2. The minimum atomic E-state index is 0.200. The fourth-order valence-corrected chi connectivity index (χ4v) is 3.21. The molecular formula is C17H30N4O. The maximum Gasteiger partial charge on any atom is 0.224 e. The van der Waals surface area contributed by atoms with Gasteiger partial charge >= 0.3 is 0 Å². The van der Waals surface area contributed by atoms with Crippen molar-refractivity contribution < 1.29 is 4.79 Å². The van der Waals surface area contributed by atoms with Crippen LogP contribution >= 0.6 is 0 Å². The molecule has 0 radical (unpaired) electrons. The molecule has 1 fully saturated rings. The van der Waals surface area contributed by atoms with Crippen LogP contribution in [0.1, 0.15) is 57.3 Å². The summed E-state index contributed by atoms with van der Waals surface area (Å²) in [4.78, 5) is 14.4. The molecule has 1 aromatic rings. The van der Waals surface area contributed by atoms with Crippen LogP contribution in [0, 0.1) is 6.92 Å². The third-order valence-electron chi connectivity index (χ3n) is 4.28. The van der Waals surface area contributed by atoms with Gasteiger partial charge in [0.1, 0.15) is 0 Å². The van der Waals surface area contributed by atoms with Gasteiger partial charge in [-0.2, -0.15) is 5.10 Å². The number of aromatic nitrogens is 2. The van der Waals surface area contributed by atoms with E-state index in [-0.39, 0.29) is 6.04 Å². The highest BCUT2D eigenvalue weighted by molar-refractivity contribution is 5.76. The van der Waals surface area contributed by atoms with E-state index >= 15 is 0 Å². The first-order valence-corrected chi connectivity index (χ1v) is 8.59. The lowest BCUT2D eigenvalue weighted by Crippen LogP contribution is -2.41. The van der Waals surface area contributed by atoms with Gasteiger partial charge in [-0.25, -0.2) is 0 Å². The number of hydrogen-bond acceptors (Lipinski definition) is 3. The molecule has 0 spiro atoms. The summed E-state index contributed by atoms with van der Waals surface area (Å²) in [5, 5.41) is 10.8. The second-order valence-corrected chi connectivity index (χ2v) is 6.71. The van der Waals surface area contributed by atoms with Crippen LogP contribution in [-0.2, 0) is 11.2 Å². The van der Waals surface area contributed by atoms with Crippen LogP contribution in [0.2, 0.25) is 0 Å². The molecule has 2 unspecified atom stereocenters. The first kappa shape index (κ1) is 17.0. The van der Waals surface area contributed by atoms with Crippen LogP contribution in [0.4, 0.5) is 0 Å². The SMILES string of the molecule is Cc1cc(CC(C)NC(C)CC(=O)N2CCCCCC2)n[nH]1. The average molecular weight is 306 g/mol. The molecule has 1 aliphatic rings. The van der Waals surface area contributed by atoms with Gasteiger partial charge in [0.25, 0.3) is 0 Å². The van der Waals surface area contributed by atoms with Crippen molar-refractivity contribution in [3.05, 3.63) is 17.5 Å². The molecule has 0 saturated carbocycles. The highest BCUT2D eigenvalue weighted by Gasteiger charge is 2.19. The zero-order valence-corrected chi connectivity index (χ0v) is 14.2. The van der Waals surface area contributed by atoms with Crippen molar-refractivity contribution in [1.29, 1.82) is 0 Å². The van der Waals surface area contributed by atoms with Gasteiger partial charge in [-0.15, -0.1) is 0 Å². The van der Waals surface area contributed by atoms with Gasteiger partial charge in [-0.1, -0.05) is 12.8 Å². The molecule has 124 valence electrons. The minimum Gasteiger partial charge on any atom is -0.343 e. The summed E-state index contributed by atoms with van der Waals surface area (Å²) >= 11 is 0. The predicted octanol–water partition coefficient (Wildman–Crippen LogP) is 2.42. The smallest absolute Gasteiger partial charge is 0.224 e. The molecule has 1 amide bonds. The standard InChI is InChI=1S/C17H30N4O/c1-13(10-16-11-15(3)19-20-16)18-14(2)12-17(22)21-8-6-4-5-7-9-21/h11,13-14,18H,4-10,12H2,1-3H3,(H,19,20). The summed E-state index contributed by atoms with van der Waals surface area (Å²) in [6, 6.07) is 2.59. The molecule has 2 N–H and O–H groups in total. The van der Waals surface area contributed by atoms with Crippen molar-refractivity contribution in [2.45, 2.75) is 71.4 Å². The van der Waals surface area contributed by atoms with E-state index in [9.17, 15) is 4.79 Å². The molecule has 5 nitrogen and oxygen atoms in total. The van der Waals surface area contributed by atoms with E-state index in [1.165, 1.54) is 12.8 Å². The van der Waals surface area contributed by atoms with Crippen LogP contribution < -0.4 is 5.32 Å². The number of H-pyrrole nitrogens is 1. The fourth-order valence-electron chi connectivity index (χ4n) is 3.21.